The molecular formula is C14H21BF3KO2. The Hall–Kier alpha value is 0.471. The Kier molecular flexibility index (Phi) is 10.5. The number of ether oxygens (including phenoxy) is 2. The fourth-order valence-electron chi connectivity index (χ4n) is 1.67. The number of halogens is 3. The molecular weight excluding hydrogens is 307 g/mol. The smallest absolute Gasteiger partial charge is 0.491 e. The molecule has 21 heavy (non-hydrogen) atoms. The van der Waals surface area contributed by atoms with Gasteiger partial charge in [0.05, 0.1) is 6.61 Å². The van der Waals surface area contributed by atoms with Gasteiger partial charge in [0, 0.05) is 6.61 Å². The fourth-order valence-corrected chi connectivity index (χ4v) is 1.67. The number of benzene rings is 1. The van der Waals surface area contributed by atoms with Crippen LogP contribution in [0.2, 0.25) is 0 Å². The van der Waals surface area contributed by atoms with Gasteiger partial charge in [0.25, 0.3) is 0 Å². The Morgan fingerprint density at radius 3 is 2.29 bits per heavy atom. The predicted molar refractivity (Wildman–Crippen MR) is 75.7 cm³/mol. The molecule has 0 saturated carbocycles. The van der Waals surface area contributed by atoms with Crippen molar-refractivity contribution in [2.75, 3.05) is 19.8 Å². The van der Waals surface area contributed by atoms with Gasteiger partial charge in [0.1, 0.15) is 12.4 Å². The van der Waals surface area contributed by atoms with Crippen LogP contribution in [0.3, 0.4) is 0 Å². The van der Waals surface area contributed by atoms with E-state index in [4.69, 9.17) is 9.47 Å². The van der Waals surface area contributed by atoms with Crippen molar-refractivity contribution in [1.29, 1.82) is 0 Å². The van der Waals surface area contributed by atoms with E-state index < -0.39 is 12.4 Å². The monoisotopic (exact) mass is 328 g/mol. The van der Waals surface area contributed by atoms with Crippen molar-refractivity contribution >= 4 is 12.4 Å². The molecule has 0 amide bonds. The van der Waals surface area contributed by atoms with Gasteiger partial charge < -0.3 is 22.4 Å². The molecule has 2 nitrogen and oxygen atoms in total. The van der Waals surface area contributed by atoms with Crippen LogP contribution in [0.15, 0.2) is 18.2 Å². The van der Waals surface area contributed by atoms with Crippen molar-refractivity contribution in [3.63, 3.8) is 0 Å². The maximum Gasteiger partial charge on any atom is 1.00 e. The Bertz CT molecular complexity index is 425. The van der Waals surface area contributed by atoms with Crippen molar-refractivity contribution < 1.29 is 73.8 Å². The van der Waals surface area contributed by atoms with Gasteiger partial charge in [-0.2, -0.15) is 0 Å². The molecule has 0 unspecified atom stereocenters. The van der Waals surface area contributed by atoms with Crippen LogP contribution >= 0.6 is 0 Å². The van der Waals surface area contributed by atoms with Crippen molar-refractivity contribution in [3.8, 4) is 5.75 Å². The van der Waals surface area contributed by atoms with Gasteiger partial charge in [-0.25, -0.2) is 0 Å². The summed E-state index contributed by atoms with van der Waals surface area (Å²) in [5.41, 5.74) is -0.105. The van der Waals surface area contributed by atoms with Crippen LogP contribution in [0.5, 0.6) is 5.75 Å². The predicted octanol–water partition coefficient (Wildman–Crippen LogP) is 0.495. The largest absolute Gasteiger partial charge is 1.00 e. The first-order valence-corrected chi connectivity index (χ1v) is 6.81. The van der Waals surface area contributed by atoms with Gasteiger partial charge in [-0.15, -0.1) is 5.46 Å². The van der Waals surface area contributed by atoms with Gasteiger partial charge >= 0.3 is 58.4 Å². The van der Waals surface area contributed by atoms with E-state index in [1.165, 1.54) is 6.07 Å². The van der Waals surface area contributed by atoms with E-state index in [1.54, 1.807) is 6.92 Å². The number of hydrogen-bond donors (Lipinski definition) is 0. The van der Waals surface area contributed by atoms with Gasteiger partial charge in [0.2, 0.25) is 0 Å². The molecule has 0 aliphatic carbocycles. The average molecular weight is 328 g/mol. The van der Waals surface area contributed by atoms with E-state index in [0.717, 1.165) is 18.6 Å². The SMILES string of the molecule is Cc1cc([B-](F)(F)F)ccc1OCCOCCC(C)C.[K+]. The maximum atomic E-state index is 12.6. The van der Waals surface area contributed by atoms with Crippen LogP contribution < -0.4 is 61.6 Å². The molecule has 0 radical (unpaired) electrons. The third-order valence-electron chi connectivity index (χ3n) is 2.90. The zero-order valence-electron chi connectivity index (χ0n) is 13.2. The standard InChI is InChI=1S/C14H21BF3O2.K/c1-11(2)6-7-19-8-9-20-14-5-4-13(10-12(14)3)15(16,17)18;/h4-5,10-11H,6-9H2,1-3H3;/q-1;+1. The molecule has 1 aromatic rings. The third-order valence-corrected chi connectivity index (χ3v) is 2.90. The number of rotatable bonds is 8. The third kappa shape index (κ3) is 8.62. The Morgan fingerprint density at radius 2 is 1.76 bits per heavy atom. The molecule has 0 fully saturated rings. The summed E-state index contributed by atoms with van der Waals surface area (Å²) in [6.45, 7) is 2.36. The first-order chi connectivity index (χ1) is 9.30. The number of hydrogen-bond acceptors (Lipinski definition) is 2. The Morgan fingerprint density at radius 1 is 1.10 bits per heavy atom. The van der Waals surface area contributed by atoms with Crippen LogP contribution in [0.25, 0.3) is 0 Å². The topological polar surface area (TPSA) is 18.5 Å². The molecule has 1 aromatic carbocycles. The number of aryl methyl sites for hydroxylation is 1. The minimum absolute atomic E-state index is 0. The van der Waals surface area contributed by atoms with Crippen LogP contribution in [0, 0.1) is 12.8 Å². The van der Waals surface area contributed by atoms with Crippen molar-refractivity contribution in [2.24, 2.45) is 5.92 Å². The van der Waals surface area contributed by atoms with E-state index >= 15 is 0 Å². The summed E-state index contributed by atoms with van der Waals surface area (Å²) in [6.07, 6.45) is 0.987. The van der Waals surface area contributed by atoms with Crippen LogP contribution in [-0.4, -0.2) is 26.8 Å². The molecule has 0 aliphatic rings. The van der Waals surface area contributed by atoms with Gasteiger partial charge in [-0.3, -0.25) is 0 Å². The summed E-state index contributed by atoms with van der Waals surface area (Å²) in [5.74, 6) is 1.07. The second-order valence-corrected chi connectivity index (χ2v) is 5.24. The molecule has 0 N–H and O–H groups in total. The second-order valence-electron chi connectivity index (χ2n) is 5.24. The summed E-state index contributed by atoms with van der Waals surface area (Å²) in [6, 6.07) is 3.55. The van der Waals surface area contributed by atoms with Crippen LogP contribution in [0.1, 0.15) is 25.8 Å². The molecule has 114 valence electrons. The summed E-state index contributed by atoms with van der Waals surface area (Å²) in [5, 5.41) is 0. The van der Waals surface area contributed by atoms with E-state index in [-0.39, 0.29) is 51.4 Å². The molecule has 0 aliphatic heterocycles. The van der Waals surface area contributed by atoms with Gasteiger partial charge in [-0.05, 0) is 30.9 Å². The van der Waals surface area contributed by atoms with Gasteiger partial charge in [-0.1, -0.05) is 26.0 Å². The van der Waals surface area contributed by atoms with E-state index in [1.807, 2.05) is 0 Å². The summed E-state index contributed by atoms with van der Waals surface area (Å²) in [4.78, 5) is 0. The molecule has 1 rings (SSSR count). The minimum Gasteiger partial charge on any atom is -0.491 e. The zero-order chi connectivity index (χ0) is 15.2. The molecule has 7 heteroatoms. The zero-order valence-corrected chi connectivity index (χ0v) is 16.3. The molecule has 0 atom stereocenters. The molecule has 0 heterocycles. The molecule has 0 aromatic heterocycles. The van der Waals surface area contributed by atoms with Crippen LogP contribution in [-0.2, 0) is 4.74 Å². The first kappa shape index (κ1) is 21.5. The van der Waals surface area contributed by atoms with E-state index in [0.29, 0.717) is 37.1 Å². The van der Waals surface area contributed by atoms with Crippen LogP contribution in [0.4, 0.5) is 12.9 Å². The Labute approximate surface area is 167 Å². The van der Waals surface area contributed by atoms with Crippen molar-refractivity contribution in [1.82, 2.24) is 0 Å². The van der Waals surface area contributed by atoms with Gasteiger partial charge in [0.15, 0.2) is 0 Å². The van der Waals surface area contributed by atoms with Crippen molar-refractivity contribution in [2.45, 2.75) is 27.2 Å². The quantitative estimate of drug-likeness (QED) is 0.511. The first-order valence-electron chi connectivity index (χ1n) is 6.81. The minimum atomic E-state index is -4.95. The maximum absolute atomic E-state index is 12.6. The summed E-state index contributed by atoms with van der Waals surface area (Å²) in [7, 11) is 0. The summed E-state index contributed by atoms with van der Waals surface area (Å²) >= 11 is 0. The fraction of sp³-hybridized carbons (Fsp3) is 0.571. The molecule has 0 saturated heterocycles. The molecule has 0 spiro atoms. The normalized spacial score (nSPS) is 11.4. The van der Waals surface area contributed by atoms with E-state index in [9.17, 15) is 12.9 Å². The molecule has 0 bridgehead atoms. The summed E-state index contributed by atoms with van der Waals surface area (Å²) < 4.78 is 48.5. The average Bonchev–Trinajstić information content (AvgIpc) is 2.33. The second kappa shape index (κ2) is 10.3. The van der Waals surface area contributed by atoms with E-state index in [2.05, 4.69) is 13.8 Å². The Balaban J connectivity index is 0.00000400. The van der Waals surface area contributed by atoms with Crippen molar-refractivity contribution in [3.05, 3.63) is 23.8 Å².